The Hall–Kier alpha value is -1.96. The molecule has 0 aliphatic carbocycles. The maximum Gasteiger partial charge on any atom is 0.237 e. The SMILES string of the molecule is COC1CN(Cc2c(C)nn(C)c2Cl)CC(=O)N(Cc2cccnc2)C1. The lowest BCUT2D eigenvalue weighted by Crippen LogP contribution is -2.37. The Morgan fingerprint density at radius 1 is 1.35 bits per heavy atom. The summed E-state index contributed by atoms with van der Waals surface area (Å²) in [7, 11) is 3.50. The van der Waals surface area contributed by atoms with E-state index in [-0.39, 0.29) is 12.0 Å². The van der Waals surface area contributed by atoms with Crippen molar-refractivity contribution in [3.63, 3.8) is 0 Å². The van der Waals surface area contributed by atoms with E-state index in [1.807, 2.05) is 31.0 Å². The van der Waals surface area contributed by atoms with Crippen LogP contribution < -0.4 is 0 Å². The van der Waals surface area contributed by atoms with E-state index in [1.165, 1.54) is 0 Å². The number of carbonyl (C=O) groups excluding carboxylic acids is 1. The second-order valence-corrected chi connectivity index (χ2v) is 7.00. The number of pyridine rings is 1. The van der Waals surface area contributed by atoms with Gasteiger partial charge in [0.1, 0.15) is 5.15 Å². The molecule has 8 heteroatoms. The van der Waals surface area contributed by atoms with Gasteiger partial charge in [-0.3, -0.25) is 19.4 Å². The molecule has 1 aliphatic rings. The first-order valence-electron chi connectivity index (χ1n) is 8.57. The number of rotatable bonds is 5. The Balaban J connectivity index is 1.75. The summed E-state index contributed by atoms with van der Waals surface area (Å²) in [6, 6.07) is 3.86. The highest BCUT2D eigenvalue weighted by atomic mass is 35.5. The smallest absolute Gasteiger partial charge is 0.237 e. The van der Waals surface area contributed by atoms with Crippen molar-refractivity contribution in [3.8, 4) is 0 Å². The molecule has 2 aromatic rings. The van der Waals surface area contributed by atoms with E-state index in [0.717, 1.165) is 16.8 Å². The monoisotopic (exact) mass is 377 g/mol. The van der Waals surface area contributed by atoms with E-state index in [4.69, 9.17) is 16.3 Å². The normalized spacial score (nSPS) is 19.0. The van der Waals surface area contributed by atoms with Crippen molar-refractivity contribution >= 4 is 17.5 Å². The zero-order valence-electron chi connectivity index (χ0n) is 15.4. The molecule has 0 bridgehead atoms. The van der Waals surface area contributed by atoms with Crippen LogP contribution in [0.5, 0.6) is 0 Å². The first-order valence-corrected chi connectivity index (χ1v) is 8.95. The molecule has 1 unspecified atom stereocenters. The van der Waals surface area contributed by atoms with E-state index in [9.17, 15) is 4.79 Å². The third kappa shape index (κ3) is 4.23. The average Bonchev–Trinajstić information content (AvgIpc) is 2.78. The number of carbonyl (C=O) groups is 1. The van der Waals surface area contributed by atoms with Crippen molar-refractivity contribution < 1.29 is 9.53 Å². The van der Waals surface area contributed by atoms with Crippen LogP contribution in [-0.2, 0) is 29.7 Å². The Kier molecular flexibility index (Phi) is 5.90. The minimum absolute atomic E-state index is 0.0612. The lowest BCUT2D eigenvalue weighted by Gasteiger charge is -2.23. The molecule has 1 amide bonds. The molecule has 7 nitrogen and oxygen atoms in total. The largest absolute Gasteiger partial charge is 0.378 e. The zero-order valence-corrected chi connectivity index (χ0v) is 16.1. The molecule has 1 atom stereocenters. The fourth-order valence-electron chi connectivity index (χ4n) is 3.26. The second-order valence-electron chi connectivity index (χ2n) is 6.64. The molecule has 1 fully saturated rings. The maximum atomic E-state index is 12.8. The Morgan fingerprint density at radius 2 is 2.15 bits per heavy atom. The van der Waals surface area contributed by atoms with Gasteiger partial charge in [0.2, 0.25) is 5.91 Å². The van der Waals surface area contributed by atoms with Crippen LogP contribution in [0.1, 0.15) is 16.8 Å². The zero-order chi connectivity index (χ0) is 18.7. The standard InChI is InChI=1S/C18H24ClN5O2/c1-13-16(18(19)22(2)21-13)11-23-9-15(26-3)10-24(17(25)12-23)8-14-5-4-6-20-7-14/h4-7,15H,8-12H2,1-3H3. The summed E-state index contributed by atoms with van der Waals surface area (Å²) in [5, 5.41) is 4.96. The highest BCUT2D eigenvalue weighted by Crippen LogP contribution is 2.22. The van der Waals surface area contributed by atoms with Gasteiger partial charge in [0, 0.05) is 58.3 Å². The van der Waals surface area contributed by atoms with E-state index < -0.39 is 0 Å². The molecule has 0 spiro atoms. The number of amides is 1. The number of hydrogen-bond donors (Lipinski definition) is 0. The van der Waals surface area contributed by atoms with Crippen LogP contribution >= 0.6 is 11.6 Å². The third-order valence-corrected chi connectivity index (χ3v) is 5.15. The molecular formula is C18H24ClN5O2. The lowest BCUT2D eigenvalue weighted by molar-refractivity contribution is -0.132. The maximum absolute atomic E-state index is 12.8. The van der Waals surface area contributed by atoms with Gasteiger partial charge in [0.05, 0.1) is 18.3 Å². The number of halogens is 1. The molecule has 1 aliphatic heterocycles. The summed E-state index contributed by atoms with van der Waals surface area (Å²) in [4.78, 5) is 20.9. The first kappa shape index (κ1) is 18.8. The molecule has 0 radical (unpaired) electrons. The van der Waals surface area contributed by atoms with Crippen molar-refractivity contribution in [2.24, 2.45) is 7.05 Å². The van der Waals surface area contributed by atoms with Gasteiger partial charge in [-0.1, -0.05) is 17.7 Å². The minimum Gasteiger partial charge on any atom is -0.378 e. The third-order valence-electron chi connectivity index (χ3n) is 4.68. The first-order chi connectivity index (χ1) is 12.5. The molecular weight excluding hydrogens is 354 g/mol. The van der Waals surface area contributed by atoms with E-state index in [0.29, 0.717) is 37.9 Å². The van der Waals surface area contributed by atoms with Crippen molar-refractivity contribution in [3.05, 3.63) is 46.5 Å². The Bertz CT molecular complexity index is 764. The highest BCUT2D eigenvalue weighted by molar-refractivity contribution is 6.30. The highest BCUT2D eigenvalue weighted by Gasteiger charge is 2.29. The summed E-state index contributed by atoms with van der Waals surface area (Å²) in [6.07, 6.45) is 3.46. The Labute approximate surface area is 158 Å². The van der Waals surface area contributed by atoms with Crippen LogP contribution in [-0.4, -0.2) is 63.3 Å². The molecule has 1 saturated heterocycles. The van der Waals surface area contributed by atoms with Crippen molar-refractivity contribution in [2.45, 2.75) is 26.1 Å². The number of aromatic nitrogens is 3. The van der Waals surface area contributed by atoms with Gasteiger partial charge in [-0.25, -0.2) is 0 Å². The summed E-state index contributed by atoms with van der Waals surface area (Å²) in [5.41, 5.74) is 2.85. The summed E-state index contributed by atoms with van der Waals surface area (Å²) >= 11 is 6.36. The van der Waals surface area contributed by atoms with Crippen LogP contribution in [0.25, 0.3) is 0 Å². The molecule has 140 valence electrons. The average molecular weight is 378 g/mol. The minimum atomic E-state index is -0.0612. The molecule has 26 heavy (non-hydrogen) atoms. The molecule has 3 heterocycles. The summed E-state index contributed by atoms with van der Waals surface area (Å²) in [5.74, 6) is 0.0751. The van der Waals surface area contributed by atoms with E-state index >= 15 is 0 Å². The predicted octanol–water partition coefficient (Wildman–Crippen LogP) is 1.64. The lowest BCUT2D eigenvalue weighted by atomic mass is 10.2. The van der Waals surface area contributed by atoms with Gasteiger partial charge in [-0.2, -0.15) is 5.10 Å². The molecule has 0 aromatic carbocycles. The van der Waals surface area contributed by atoms with Crippen LogP contribution in [0.4, 0.5) is 0 Å². The predicted molar refractivity (Wildman–Crippen MR) is 98.7 cm³/mol. The number of hydrogen-bond acceptors (Lipinski definition) is 5. The number of methoxy groups -OCH3 is 1. The van der Waals surface area contributed by atoms with E-state index in [1.54, 1.807) is 24.2 Å². The van der Waals surface area contributed by atoms with Gasteiger partial charge in [-0.15, -0.1) is 0 Å². The number of ether oxygens (including phenoxy) is 1. The molecule has 0 N–H and O–H groups in total. The van der Waals surface area contributed by atoms with Crippen molar-refractivity contribution in [2.75, 3.05) is 26.7 Å². The summed E-state index contributed by atoms with van der Waals surface area (Å²) in [6.45, 7) is 4.59. The van der Waals surface area contributed by atoms with Crippen LogP contribution in [0.3, 0.4) is 0 Å². The molecule has 2 aromatic heterocycles. The topological polar surface area (TPSA) is 63.5 Å². The quantitative estimate of drug-likeness (QED) is 0.792. The van der Waals surface area contributed by atoms with Gasteiger partial charge < -0.3 is 9.64 Å². The van der Waals surface area contributed by atoms with Crippen LogP contribution in [0.2, 0.25) is 5.15 Å². The van der Waals surface area contributed by atoms with Crippen molar-refractivity contribution in [1.82, 2.24) is 24.6 Å². The Morgan fingerprint density at radius 3 is 2.77 bits per heavy atom. The fourth-order valence-corrected chi connectivity index (χ4v) is 3.49. The fraction of sp³-hybridized carbons (Fsp3) is 0.500. The van der Waals surface area contributed by atoms with Gasteiger partial charge in [0.25, 0.3) is 0 Å². The van der Waals surface area contributed by atoms with Gasteiger partial charge >= 0.3 is 0 Å². The number of nitrogens with zero attached hydrogens (tertiary/aromatic N) is 5. The van der Waals surface area contributed by atoms with Crippen LogP contribution in [0.15, 0.2) is 24.5 Å². The van der Waals surface area contributed by atoms with Gasteiger partial charge in [-0.05, 0) is 18.6 Å². The second kappa shape index (κ2) is 8.16. The molecule has 0 saturated carbocycles. The van der Waals surface area contributed by atoms with Crippen LogP contribution in [0, 0.1) is 6.92 Å². The molecule has 3 rings (SSSR count). The number of aryl methyl sites for hydroxylation is 2. The summed E-state index contributed by atoms with van der Waals surface area (Å²) < 4.78 is 7.28. The van der Waals surface area contributed by atoms with Gasteiger partial charge in [0.15, 0.2) is 0 Å². The van der Waals surface area contributed by atoms with Crippen molar-refractivity contribution in [1.29, 1.82) is 0 Å². The van der Waals surface area contributed by atoms with E-state index in [2.05, 4.69) is 15.0 Å².